The second-order valence-electron chi connectivity index (χ2n) is 5.16. The average molecular weight is 327 g/mol. The van der Waals surface area contributed by atoms with Gasteiger partial charge in [-0.1, -0.05) is 58.4 Å². The van der Waals surface area contributed by atoms with Gasteiger partial charge in [-0.3, -0.25) is 4.79 Å². The van der Waals surface area contributed by atoms with Crippen LogP contribution in [0.3, 0.4) is 0 Å². The molecule has 0 aromatic heterocycles. The molecule has 1 nitrogen and oxygen atoms in total. The summed E-state index contributed by atoms with van der Waals surface area (Å²) in [5.41, 5.74) is 3.54. The van der Waals surface area contributed by atoms with E-state index in [-0.39, 0.29) is 5.78 Å². The molecule has 0 fully saturated rings. The van der Waals surface area contributed by atoms with Crippen LogP contribution in [0.15, 0.2) is 65.1 Å². The van der Waals surface area contributed by atoms with Gasteiger partial charge in [0, 0.05) is 10.9 Å². The molecular formula is C18H15BrO. The molecule has 0 aliphatic heterocycles. The summed E-state index contributed by atoms with van der Waals surface area (Å²) >= 11 is 3.44. The van der Waals surface area contributed by atoms with Crippen molar-refractivity contribution >= 4 is 27.3 Å². The molecule has 0 saturated heterocycles. The van der Waals surface area contributed by atoms with Gasteiger partial charge in [0.1, 0.15) is 0 Å². The van der Waals surface area contributed by atoms with E-state index >= 15 is 0 Å². The molecule has 1 aliphatic carbocycles. The Labute approximate surface area is 127 Å². The van der Waals surface area contributed by atoms with E-state index in [4.69, 9.17) is 0 Å². The van der Waals surface area contributed by atoms with Gasteiger partial charge in [-0.15, -0.1) is 0 Å². The minimum absolute atomic E-state index is 0.225. The summed E-state index contributed by atoms with van der Waals surface area (Å²) in [5, 5.41) is 0. The van der Waals surface area contributed by atoms with Gasteiger partial charge in [0.15, 0.2) is 5.78 Å². The van der Waals surface area contributed by atoms with Gasteiger partial charge in [-0.05, 0) is 47.2 Å². The summed E-state index contributed by atoms with van der Waals surface area (Å²) in [5.74, 6) is 0.523. The van der Waals surface area contributed by atoms with E-state index in [0.717, 1.165) is 22.0 Å². The third-order valence-electron chi connectivity index (χ3n) is 3.74. The van der Waals surface area contributed by atoms with Crippen molar-refractivity contribution in [3.8, 4) is 0 Å². The van der Waals surface area contributed by atoms with Crippen LogP contribution in [-0.4, -0.2) is 5.78 Å². The van der Waals surface area contributed by atoms with Crippen molar-refractivity contribution in [2.45, 2.75) is 18.8 Å². The van der Waals surface area contributed by atoms with Crippen LogP contribution in [0.5, 0.6) is 0 Å². The van der Waals surface area contributed by atoms with E-state index in [1.54, 1.807) is 0 Å². The van der Waals surface area contributed by atoms with Gasteiger partial charge in [-0.2, -0.15) is 0 Å². The highest BCUT2D eigenvalue weighted by Crippen LogP contribution is 2.36. The molecule has 2 heteroatoms. The third-order valence-corrected chi connectivity index (χ3v) is 4.26. The van der Waals surface area contributed by atoms with E-state index in [0.29, 0.717) is 12.3 Å². The number of benzene rings is 2. The molecule has 100 valence electrons. The fraction of sp³-hybridized carbons (Fsp3) is 0.167. The van der Waals surface area contributed by atoms with Crippen LogP contribution < -0.4 is 0 Å². The summed E-state index contributed by atoms with van der Waals surface area (Å²) in [4.78, 5) is 12.0. The Morgan fingerprint density at radius 1 is 0.900 bits per heavy atom. The fourth-order valence-electron chi connectivity index (χ4n) is 2.72. The van der Waals surface area contributed by atoms with E-state index in [2.05, 4.69) is 40.2 Å². The van der Waals surface area contributed by atoms with Gasteiger partial charge < -0.3 is 0 Å². The zero-order valence-corrected chi connectivity index (χ0v) is 12.6. The first-order valence-electron chi connectivity index (χ1n) is 6.76. The zero-order valence-electron chi connectivity index (χ0n) is 11.1. The molecule has 0 N–H and O–H groups in total. The molecule has 0 saturated carbocycles. The Kier molecular flexibility index (Phi) is 3.83. The predicted molar refractivity (Wildman–Crippen MR) is 85.5 cm³/mol. The summed E-state index contributed by atoms with van der Waals surface area (Å²) in [6, 6.07) is 18.5. The first-order valence-corrected chi connectivity index (χ1v) is 7.56. The normalized spacial score (nSPS) is 18.8. The second kappa shape index (κ2) is 5.76. The number of carbonyl (C=O) groups is 1. The summed E-state index contributed by atoms with van der Waals surface area (Å²) in [6.07, 6.45) is 3.35. The molecule has 1 atom stereocenters. The number of hydrogen-bond acceptors (Lipinski definition) is 1. The van der Waals surface area contributed by atoms with Crippen molar-refractivity contribution < 1.29 is 4.79 Å². The lowest BCUT2D eigenvalue weighted by Gasteiger charge is -2.22. The van der Waals surface area contributed by atoms with Gasteiger partial charge in [0.25, 0.3) is 0 Å². The van der Waals surface area contributed by atoms with E-state index in [9.17, 15) is 4.79 Å². The van der Waals surface area contributed by atoms with E-state index in [1.807, 2.05) is 36.4 Å². The van der Waals surface area contributed by atoms with Crippen molar-refractivity contribution in [2.24, 2.45) is 0 Å². The van der Waals surface area contributed by atoms with Crippen molar-refractivity contribution in [3.05, 3.63) is 76.3 Å². The molecule has 3 rings (SSSR count). The molecule has 20 heavy (non-hydrogen) atoms. The van der Waals surface area contributed by atoms with Crippen LogP contribution in [0.2, 0.25) is 0 Å². The Balaban J connectivity index is 1.89. The highest BCUT2D eigenvalue weighted by Gasteiger charge is 2.22. The Bertz CT molecular complexity index is 641. The lowest BCUT2D eigenvalue weighted by molar-refractivity contribution is -0.115. The predicted octanol–water partition coefficient (Wildman–Crippen LogP) is 4.98. The van der Waals surface area contributed by atoms with Crippen LogP contribution >= 0.6 is 15.9 Å². The molecule has 0 unspecified atom stereocenters. The molecular weight excluding hydrogens is 312 g/mol. The largest absolute Gasteiger partial charge is 0.295 e. The maximum Gasteiger partial charge on any atom is 0.156 e. The second-order valence-corrected chi connectivity index (χ2v) is 6.07. The minimum Gasteiger partial charge on any atom is -0.295 e. The number of ketones is 1. The standard InChI is InChI=1S/C18H15BrO/c19-17-8-6-14(7-9-17)16-10-15(11-18(20)12-16)13-4-2-1-3-5-13/h1-9,12,15H,10-11H2/t15-/m1/s1. The Hall–Kier alpha value is -1.67. The van der Waals surface area contributed by atoms with Gasteiger partial charge in [-0.25, -0.2) is 0 Å². The highest BCUT2D eigenvalue weighted by molar-refractivity contribution is 9.10. The van der Waals surface area contributed by atoms with Crippen LogP contribution in [0, 0.1) is 0 Å². The topological polar surface area (TPSA) is 17.1 Å². The lowest BCUT2D eigenvalue weighted by Crippen LogP contribution is -2.12. The number of rotatable bonds is 2. The smallest absolute Gasteiger partial charge is 0.156 e. The molecule has 0 amide bonds. The van der Waals surface area contributed by atoms with Crippen LogP contribution in [0.4, 0.5) is 0 Å². The van der Waals surface area contributed by atoms with Crippen LogP contribution in [-0.2, 0) is 4.79 Å². The van der Waals surface area contributed by atoms with Crippen molar-refractivity contribution in [1.29, 1.82) is 0 Å². The quantitative estimate of drug-likeness (QED) is 0.760. The molecule has 0 heterocycles. The number of halogens is 1. The number of hydrogen-bond donors (Lipinski definition) is 0. The lowest BCUT2D eigenvalue weighted by atomic mass is 9.81. The summed E-state index contributed by atoms with van der Waals surface area (Å²) in [6.45, 7) is 0. The highest BCUT2D eigenvalue weighted by atomic mass is 79.9. The monoisotopic (exact) mass is 326 g/mol. The van der Waals surface area contributed by atoms with Gasteiger partial charge >= 0.3 is 0 Å². The molecule has 1 aliphatic rings. The Morgan fingerprint density at radius 2 is 1.60 bits per heavy atom. The first kappa shape index (κ1) is 13.3. The fourth-order valence-corrected chi connectivity index (χ4v) is 2.98. The van der Waals surface area contributed by atoms with Gasteiger partial charge in [0.2, 0.25) is 0 Å². The van der Waals surface area contributed by atoms with Crippen molar-refractivity contribution in [1.82, 2.24) is 0 Å². The zero-order chi connectivity index (χ0) is 13.9. The minimum atomic E-state index is 0.225. The van der Waals surface area contributed by atoms with E-state index in [1.165, 1.54) is 5.56 Å². The van der Waals surface area contributed by atoms with Gasteiger partial charge in [0.05, 0.1) is 0 Å². The molecule has 0 radical (unpaired) electrons. The van der Waals surface area contributed by atoms with Crippen LogP contribution in [0.25, 0.3) is 5.57 Å². The maximum atomic E-state index is 12.0. The molecule has 0 bridgehead atoms. The number of carbonyl (C=O) groups excluding carboxylic acids is 1. The molecule has 2 aromatic rings. The summed E-state index contributed by atoms with van der Waals surface area (Å²) in [7, 11) is 0. The van der Waals surface area contributed by atoms with Crippen LogP contribution in [0.1, 0.15) is 29.9 Å². The molecule has 2 aromatic carbocycles. The average Bonchev–Trinajstić information content (AvgIpc) is 2.48. The Morgan fingerprint density at radius 3 is 2.30 bits per heavy atom. The number of allylic oxidation sites excluding steroid dienone is 2. The van der Waals surface area contributed by atoms with Crippen molar-refractivity contribution in [3.63, 3.8) is 0 Å². The first-order chi connectivity index (χ1) is 9.72. The molecule has 0 spiro atoms. The van der Waals surface area contributed by atoms with Crippen molar-refractivity contribution in [2.75, 3.05) is 0 Å². The summed E-state index contributed by atoms with van der Waals surface area (Å²) < 4.78 is 1.06. The SMILES string of the molecule is O=C1C=C(c2ccc(Br)cc2)C[C@@H](c2ccccc2)C1. The maximum absolute atomic E-state index is 12.0. The van der Waals surface area contributed by atoms with E-state index < -0.39 is 0 Å². The third kappa shape index (κ3) is 2.91.